The fourth-order valence-corrected chi connectivity index (χ4v) is 4.39. The summed E-state index contributed by atoms with van der Waals surface area (Å²) in [4.78, 5) is 22.9. The van der Waals surface area contributed by atoms with Gasteiger partial charge in [-0.15, -0.1) is 0 Å². The topological polar surface area (TPSA) is 75.4 Å². The summed E-state index contributed by atoms with van der Waals surface area (Å²) in [6.45, 7) is 3.60. The van der Waals surface area contributed by atoms with Crippen LogP contribution in [0.15, 0.2) is 61.4 Å². The number of amides is 1. The first kappa shape index (κ1) is 21.9. The van der Waals surface area contributed by atoms with Crippen LogP contribution in [0.25, 0.3) is 5.52 Å². The zero-order valence-corrected chi connectivity index (χ0v) is 18.3. The molecule has 10 heteroatoms. The highest BCUT2D eigenvalue weighted by atomic mass is 19.4. The standard InChI is InChI=1S/C24H21F3N6O/c1-15-2-3-16(23(34)31-19-9-18(10-29-11-19)24(25,26)27)8-20(15)17-4-6-32(14-17)21-13-30-33-7-5-28-12-22(21)33/h2-3,5,7-13,17H,4,6,14H2,1H3,(H,31,34)/t17-/m1/s1. The van der Waals surface area contributed by atoms with Crippen molar-refractivity contribution in [3.05, 3.63) is 83.7 Å². The van der Waals surface area contributed by atoms with Crippen LogP contribution in [0.5, 0.6) is 0 Å². The number of halogens is 3. The van der Waals surface area contributed by atoms with Crippen molar-refractivity contribution in [2.24, 2.45) is 0 Å². The molecule has 7 nitrogen and oxygen atoms in total. The van der Waals surface area contributed by atoms with E-state index in [1.54, 1.807) is 29.2 Å². The van der Waals surface area contributed by atoms with Crippen LogP contribution in [0.4, 0.5) is 24.5 Å². The lowest BCUT2D eigenvalue weighted by molar-refractivity contribution is -0.137. The summed E-state index contributed by atoms with van der Waals surface area (Å²) in [6.07, 6.45) is 5.41. The van der Waals surface area contributed by atoms with E-state index < -0.39 is 17.6 Å². The minimum Gasteiger partial charge on any atom is -0.368 e. The maximum absolute atomic E-state index is 13.0. The minimum absolute atomic E-state index is 0.00399. The second kappa shape index (κ2) is 8.44. The zero-order valence-electron chi connectivity index (χ0n) is 18.3. The summed E-state index contributed by atoms with van der Waals surface area (Å²) < 4.78 is 40.6. The van der Waals surface area contributed by atoms with Crippen molar-refractivity contribution in [1.82, 2.24) is 19.6 Å². The highest BCUT2D eigenvalue weighted by Gasteiger charge is 2.31. The molecule has 1 aliphatic rings. The first-order valence-electron chi connectivity index (χ1n) is 10.8. The summed E-state index contributed by atoms with van der Waals surface area (Å²) in [5.74, 6) is -0.277. The van der Waals surface area contributed by atoms with Crippen LogP contribution >= 0.6 is 0 Å². The van der Waals surface area contributed by atoms with Gasteiger partial charge in [0.25, 0.3) is 5.91 Å². The summed E-state index contributed by atoms with van der Waals surface area (Å²) in [5.41, 5.74) is 3.52. The van der Waals surface area contributed by atoms with Crippen LogP contribution < -0.4 is 10.2 Å². The molecule has 1 aromatic carbocycles. The zero-order chi connectivity index (χ0) is 23.9. The Balaban J connectivity index is 1.35. The monoisotopic (exact) mass is 466 g/mol. The van der Waals surface area contributed by atoms with Gasteiger partial charge in [-0.1, -0.05) is 6.07 Å². The molecule has 0 bridgehead atoms. The second-order valence-electron chi connectivity index (χ2n) is 8.35. The van der Waals surface area contributed by atoms with E-state index in [-0.39, 0.29) is 11.6 Å². The molecule has 0 saturated carbocycles. The van der Waals surface area contributed by atoms with Gasteiger partial charge in [0.05, 0.1) is 35.5 Å². The van der Waals surface area contributed by atoms with Crippen LogP contribution in [-0.4, -0.2) is 38.6 Å². The average molecular weight is 466 g/mol. The SMILES string of the molecule is Cc1ccc(C(=O)Nc2cncc(C(F)(F)F)c2)cc1[C@@H]1CCN(c2cnn3ccncc23)C1. The van der Waals surface area contributed by atoms with E-state index in [0.717, 1.165) is 54.1 Å². The molecule has 0 unspecified atom stereocenters. The summed E-state index contributed by atoms with van der Waals surface area (Å²) in [7, 11) is 0. The Hall–Kier alpha value is -3.95. The molecule has 1 saturated heterocycles. The Morgan fingerprint density at radius 2 is 1.97 bits per heavy atom. The Labute approximate surface area is 193 Å². The third-order valence-electron chi connectivity index (χ3n) is 6.14. The molecule has 0 radical (unpaired) electrons. The number of alkyl halides is 3. The smallest absolute Gasteiger partial charge is 0.368 e. The molecule has 1 aliphatic heterocycles. The fourth-order valence-electron chi connectivity index (χ4n) is 4.39. The minimum atomic E-state index is -4.53. The van der Waals surface area contributed by atoms with Crippen molar-refractivity contribution in [3.8, 4) is 0 Å². The van der Waals surface area contributed by atoms with Crippen LogP contribution in [0.1, 0.15) is 39.4 Å². The number of fused-ring (bicyclic) bond motifs is 1. The van der Waals surface area contributed by atoms with Crippen LogP contribution in [0, 0.1) is 6.92 Å². The fraction of sp³-hybridized carbons (Fsp3) is 0.250. The van der Waals surface area contributed by atoms with Gasteiger partial charge in [0.15, 0.2) is 0 Å². The van der Waals surface area contributed by atoms with Crippen LogP contribution in [0.3, 0.4) is 0 Å². The molecule has 0 aliphatic carbocycles. The number of hydrogen-bond donors (Lipinski definition) is 1. The average Bonchev–Trinajstić information content (AvgIpc) is 3.46. The van der Waals surface area contributed by atoms with E-state index in [1.165, 1.54) is 6.20 Å². The van der Waals surface area contributed by atoms with Crippen molar-refractivity contribution in [3.63, 3.8) is 0 Å². The van der Waals surface area contributed by atoms with E-state index in [9.17, 15) is 18.0 Å². The van der Waals surface area contributed by atoms with Gasteiger partial charge in [0.2, 0.25) is 0 Å². The van der Waals surface area contributed by atoms with Gasteiger partial charge in [0, 0.05) is 43.2 Å². The first-order chi connectivity index (χ1) is 16.3. The number of hydrogen-bond acceptors (Lipinski definition) is 5. The van der Waals surface area contributed by atoms with Gasteiger partial charge in [-0.3, -0.25) is 14.8 Å². The number of carbonyl (C=O) groups excluding carboxylic acids is 1. The summed E-state index contributed by atoms with van der Waals surface area (Å²) in [5, 5.41) is 6.91. The number of aryl methyl sites for hydroxylation is 1. The lowest BCUT2D eigenvalue weighted by Crippen LogP contribution is -2.19. The Kier molecular flexibility index (Phi) is 5.43. The second-order valence-corrected chi connectivity index (χ2v) is 8.35. The Bertz CT molecular complexity index is 1370. The van der Waals surface area contributed by atoms with Gasteiger partial charge < -0.3 is 10.2 Å². The van der Waals surface area contributed by atoms with Crippen LogP contribution in [-0.2, 0) is 6.18 Å². The van der Waals surface area contributed by atoms with Crippen molar-refractivity contribution in [2.45, 2.75) is 25.4 Å². The number of nitrogens with zero attached hydrogens (tertiary/aromatic N) is 5. The molecule has 4 heterocycles. The maximum atomic E-state index is 13.0. The number of benzene rings is 1. The predicted octanol–water partition coefficient (Wildman–Crippen LogP) is 4.70. The third kappa shape index (κ3) is 4.18. The van der Waals surface area contributed by atoms with E-state index >= 15 is 0 Å². The van der Waals surface area contributed by atoms with E-state index in [0.29, 0.717) is 5.56 Å². The molecule has 1 fully saturated rings. The molecule has 174 valence electrons. The van der Waals surface area contributed by atoms with Crippen molar-refractivity contribution >= 4 is 22.8 Å². The Morgan fingerprint density at radius 1 is 1.12 bits per heavy atom. The molecule has 1 atom stereocenters. The molecule has 34 heavy (non-hydrogen) atoms. The quantitative estimate of drug-likeness (QED) is 0.472. The van der Waals surface area contributed by atoms with E-state index in [1.807, 2.05) is 25.3 Å². The van der Waals surface area contributed by atoms with E-state index in [4.69, 9.17) is 0 Å². The number of carbonyl (C=O) groups is 1. The van der Waals surface area contributed by atoms with Gasteiger partial charge in [-0.05, 0) is 42.7 Å². The molecule has 5 rings (SSSR count). The maximum Gasteiger partial charge on any atom is 0.417 e. The van der Waals surface area contributed by atoms with Crippen molar-refractivity contribution in [2.75, 3.05) is 23.3 Å². The summed E-state index contributed by atoms with van der Waals surface area (Å²) in [6, 6.07) is 6.26. The number of aromatic nitrogens is 4. The molecular formula is C24H21F3N6O. The normalized spacial score (nSPS) is 16.2. The first-order valence-corrected chi connectivity index (χ1v) is 10.8. The van der Waals surface area contributed by atoms with Gasteiger partial charge in [0.1, 0.15) is 5.52 Å². The van der Waals surface area contributed by atoms with E-state index in [2.05, 4.69) is 25.3 Å². The number of pyridine rings is 1. The lowest BCUT2D eigenvalue weighted by atomic mass is 9.92. The number of nitrogens with one attached hydrogen (secondary N) is 1. The van der Waals surface area contributed by atoms with Crippen molar-refractivity contribution in [1.29, 1.82) is 0 Å². The van der Waals surface area contributed by atoms with Gasteiger partial charge in [-0.25, -0.2) is 4.52 Å². The highest BCUT2D eigenvalue weighted by Crippen LogP contribution is 2.35. The van der Waals surface area contributed by atoms with Gasteiger partial charge in [-0.2, -0.15) is 18.3 Å². The Morgan fingerprint density at radius 3 is 2.79 bits per heavy atom. The largest absolute Gasteiger partial charge is 0.417 e. The molecular weight excluding hydrogens is 445 g/mol. The molecule has 1 amide bonds. The van der Waals surface area contributed by atoms with Crippen LogP contribution in [0.2, 0.25) is 0 Å². The summed E-state index contributed by atoms with van der Waals surface area (Å²) >= 11 is 0. The highest BCUT2D eigenvalue weighted by molar-refractivity contribution is 6.04. The lowest BCUT2D eigenvalue weighted by Gasteiger charge is -2.19. The number of anilines is 2. The predicted molar refractivity (Wildman–Crippen MR) is 121 cm³/mol. The molecule has 3 aromatic heterocycles. The van der Waals surface area contributed by atoms with Crippen molar-refractivity contribution < 1.29 is 18.0 Å². The molecule has 0 spiro atoms. The molecule has 4 aromatic rings. The third-order valence-corrected chi connectivity index (χ3v) is 6.14. The van der Waals surface area contributed by atoms with Gasteiger partial charge >= 0.3 is 6.18 Å². The molecule has 1 N–H and O–H groups in total. The number of rotatable bonds is 4.